The number of benzene rings is 2. The number of amides is 1. The molecule has 1 amide bonds. The van der Waals surface area contributed by atoms with Crippen LogP contribution in [0, 0.1) is 3.57 Å². The molecule has 0 fully saturated rings. The zero-order valence-electron chi connectivity index (χ0n) is 11.9. The number of pyridine rings is 1. The van der Waals surface area contributed by atoms with Gasteiger partial charge in [0, 0.05) is 26.7 Å². The summed E-state index contributed by atoms with van der Waals surface area (Å²) in [5, 5.41) is 3.90. The molecular formula is C17H12ClIN2O2. The number of H-pyrrole nitrogens is 1. The Balaban J connectivity index is 1.85. The van der Waals surface area contributed by atoms with E-state index >= 15 is 0 Å². The van der Waals surface area contributed by atoms with Crippen LogP contribution >= 0.6 is 34.2 Å². The number of aromatic amines is 1. The quantitative estimate of drug-likeness (QED) is 0.612. The standard InChI is InChI=1S/C17H12ClIN2O2/c18-11-6-4-10(5-7-11)8-21-17(23)13-9-20-15-12(16(13)22)2-1-3-14(15)19/h1-7,9H,8H2,(H,20,22)(H,21,23). The lowest BCUT2D eigenvalue weighted by Crippen LogP contribution is -2.28. The second-order valence-corrected chi connectivity index (χ2v) is 6.60. The number of halogens is 2. The highest BCUT2D eigenvalue weighted by Gasteiger charge is 2.13. The topological polar surface area (TPSA) is 62.0 Å². The predicted octanol–water partition coefficient (Wildman–Crippen LogP) is 3.72. The van der Waals surface area contributed by atoms with Gasteiger partial charge in [0.2, 0.25) is 5.43 Å². The van der Waals surface area contributed by atoms with E-state index in [2.05, 4.69) is 32.9 Å². The molecule has 0 aliphatic rings. The van der Waals surface area contributed by atoms with Crippen LogP contribution in [0.15, 0.2) is 53.5 Å². The van der Waals surface area contributed by atoms with Crippen molar-refractivity contribution in [3.05, 3.63) is 78.6 Å². The third kappa shape index (κ3) is 3.40. The van der Waals surface area contributed by atoms with Crippen molar-refractivity contribution >= 4 is 51.0 Å². The Hall–Kier alpha value is -1.86. The Kier molecular flexibility index (Phi) is 4.68. The molecule has 0 atom stereocenters. The van der Waals surface area contributed by atoms with Crippen molar-refractivity contribution in [2.45, 2.75) is 6.54 Å². The summed E-state index contributed by atoms with van der Waals surface area (Å²) in [6.45, 7) is 0.333. The van der Waals surface area contributed by atoms with E-state index in [9.17, 15) is 9.59 Å². The minimum absolute atomic E-state index is 0.105. The SMILES string of the molecule is O=C(NCc1ccc(Cl)cc1)c1c[nH]c2c(I)cccc2c1=O. The average Bonchev–Trinajstić information content (AvgIpc) is 2.55. The Labute approximate surface area is 151 Å². The van der Waals surface area contributed by atoms with Gasteiger partial charge in [0.25, 0.3) is 5.91 Å². The van der Waals surface area contributed by atoms with Gasteiger partial charge in [-0.05, 0) is 52.4 Å². The van der Waals surface area contributed by atoms with Crippen LogP contribution in [0.25, 0.3) is 10.9 Å². The number of carbonyl (C=O) groups is 1. The number of aromatic nitrogens is 1. The maximum absolute atomic E-state index is 12.5. The highest BCUT2D eigenvalue weighted by Crippen LogP contribution is 2.16. The minimum Gasteiger partial charge on any atom is -0.359 e. The smallest absolute Gasteiger partial charge is 0.257 e. The number of hydrogen-bond donors (Lipinski definition) is 2. The van der Waals surface area contributed by atoms with E-state index in [0.29, 0.717) is 17.0 Å². The predicted molar refractivity (Wildman–Crippen MR) is 99.9 cm³/mol. The van der Waals surface area contributed by atoms with Crippen LogP contribution in [0.3, 0.4) is 0 Å². The normalized spacial score (nSPS) is 10.7. The molecule has 2 N–H and O–H groups in total. The van der Waals surface area contributed by atoms with Crippen LogP contribution in [0.4, 0.5) is 0 Å². The molecule has 3 aromatic rings. The first-order valence-corrected chi connectivity index (χ1v) is 8.34. The molecule has 1 heterocycles. The fraction of sp³-hybridized carbons (Fsp3) is 0.0588. The minimum atomic E-state index is -0.401. The summed E-state index contributed by atoms with van der Waals surface area (Å²) in [5.41, 5.74) is 1.49. The molecule has 0 saturated carbocycles. The Morgan fingerprint density at radius 1 is 1.17 bits per heavy atom. The molecule has 0 aliphatic heterocycles. The van der Waals surface area contributed by atoms with E-state index in [0.717, 1.165) is 14.7 Å². The van der Waals surface area contributed by atoms with Crippen molar-refractivity contribution in [1.82, 2.24) is 10.3 Å². The average molecular weight is 439 g/mol. The summed E-state index contributed by atoms with van der Waals surface area (Å²) in [6.07, 6.45) is 1.46. The monoisotopic (exact) mass is 438 g/mol. The van der Waals surface area contributed by atoms with Gasteiger partial charge in [-0.1, -0.05) is 29.8 Å². The van der Waals surface area contributed by atoms with Crippen molar-refractivity contribution in [3.63, 3.8) is 0 Å². The zero-order valence-corrected chi connectivity index (χ0v) is 14.8. The number of hydrogen-bond acceptors (Lipinski definition) is 2. The molecule has 2 aromatic carbocycles. The van der Waals surface area contributed by atoms with E-state index in [1.165, 1.54) is 6.20 Å². The van der Waals surface area contributed by atoms with E-state index in [1.54, 1.807) is 24.3 Å². The summed E-state index contributed by atoms with van der Waals surface area (Å²) in [6, 6.07) is 12.6. The lowest BCUT2D eigenvalue weighted by molar-refractivity contribution is 0.0949. The summed E-state index contributed by atoms with van der Waals surface area (Å²) in [5.74, 6) is -0.401. The van der Waals surface area contributed by atoms with Crippen LogP contribution < -0.4 is 10.7 Å². The van der Waals surface area contributed by atoms with Crippen molar-refractivity contribution in [3.8, 4) is 0 Å². The van der Waals surface area contributed by atoms with Crippen LogP contribution in [-0.2, 0) is 6.54 Å². The zero-order chi connectivity index (χ0) is 16.4. The molecule has 0 aliphatic carbocycles. The van der Waals surface area contributed by atoms with Gasteiger partial charge in [0.1, 0.15) is 5.56 Å². The molecule has 0 radical (unpaired) electrons. The van der Waals surface area contributed by atoms with Crippen LogP contribution in [-0.4, -0.2) is 10.9 Å². The fourth-order valence-corrected chi connectivity index (χ4v) is 3.04. The van der Waals surface area contributed by atoms with Gasteiger partial charge in [-0.25, -0.2) is 0 Å². The largest absolute Gasteiger partial charge is 0.359 e. The number of nitrogens with one attached hydrogen (secondary N) is 2. The van der Waals surface area contributed by atoms with Crippen molar-refractivity contribution in [2.75, 3.05) is 0 Å². The van der Waals surface area contributed by atoms with Crippen LogP contribution in [0.2, 0.25) is 5.02 Å². The van der Waals surface area contributed by atoms with Gasteiger partial charge in [-0.15, -0.1) is 0 Å². The summed E-state index contributed by atoms with van der Waals surface area (Å²) in [4.78, 5) is 27.8. The number of carbonyl (C=O) groups excluding carboxylic acids is 1. The number of fused-ring (bicyclic) bond motifs is 1. The first kappa shape index (κ1) is 16.0. The maximum atomic E-state index is 12.5. The summed E-state index contributed by atoms with van der Waals surface area (Å²) in [7, 11) is 0. The Bertz CT molecular complexity index is 935. The van der Waals surface area contributed by atoms with Crippen LogP contribution in [0.5, 0.6) is 0 Å². The van der Waals surface area contributed by atoms with Crippen molar-refractivity contribution in [1.29, 1.82) is 0 Å². The Morgan fingerprint density at radius 2 is 1.91 bits per heavy atom. The highest BCUT2D eigenvalue weighted by molar-refractivity contribution is 14.1. The molecule has 3 rings (SSSR count). The molecule has 0 bridgehead atoms. The maximum Gasteiger partial charge on any atom is 0.257 e. The van der Waals surface area contributed by atoms with E-state index in [1.807, 2.05) is 18.2 Å². The number of rotatable bonds is 3. The third-order valence-corrected chi connectivity index (χ3v) is 4.63. The van der Waals surface area contributed by atoms with Crippen LogP contribution in [0.1, 0.15) is 15.9 Å². The second kappa shape index (κ2) is 6.72. The fourth-order valence-electron chi connectivity index (χ4n) is 2.26. The molecule has 0 unspecified atom stereocenters. The van der Waals surface area contributed by atoms with Gasteiger partial charge in [-0.3, -0.25) is 9.59 Å². The van der Waals surface area contributed by atoms with E-state index < -0.39 is 5.91 Å². The highest BCUT2D eigenvalue weighted by atomic mass is 127. The third-order valence-electron chi connectivity index (χ3n) is 3.47. The van der Waals surface area contributed by atoms with Crippen molar-refractivity contribution in [2.24, 2.45) is 0 Å². The molecule has 0 spiro atoms. The lowest BCUT2D eigenvalue weighted by atomic mass is 10.1. The summed E-state index contributed by atoms with van der Waals surface area (Å²) >= 11 is 7.98. The van der Waals surface area contributed by atoms with Gasteiger partial charge in [-0.2, -0.15) is 0 Å². The summed E-state index contributed by atoms with van der Waals surface area (Å²) < 4.78 is 0.935. The second-order valence-electron chi connectivity index (χ2n) is 5.00. The first-order valence-electron chi connectivity index (χ1n) is 6.89. The first-order chi connectivity index (χ1) is 11.1. The lowest BCUT2D eigenvalue weighted by Gasteiger charge is -2.07. The van der Waals surface area contributed by atoms with Gasteiger partial charge < -0.3 is 10.3 Å². The van der Waals surface area contributed by atoms with Crippen molar-refractivity contribution < 1.29 is 4.79 Å². The van der Waals surface area contributed by atoms with Gasteiger partial charge >= 0.3 is 0 Å². The number of para-hydroxylation sites is 1. The molecule has 4 nitrogen and oxygen atoms in total. The molecule has 1 aromatic heterocycles. The molecule has 6 heteroatoms. The molecule has 0 saturated heterocycles. The molecule has 116 valence electrons. The molecule has 23 heavy (non-hydrogen) atoms. The van der Waals surface area contributed by atoms with E-state index in [4.69, 9.17) is 11.6 Å². The van der Waals surface area contributed by atoms with Gasteiger partial charge in [0.15, 0.2) is 0 Å². The Morgan fingerprint density at radius 3 is 2.65 bits per heavy atom. The molecular weight excluding hydrogens is 427 g/mol. The van der Waals surface area contributed by atoms with Gasteiger partial charge in [0.05, 0.1) is 5.52 Å². The van der Waals surface area contributed by atoms with E-state index in [-0.39, 0.29) is 11.0 Å².